The topological polar surface area (TPSA) is 26.0 Å². The van der Waals surface area contributed by atoms with Crippen molar-refractivity contribution in [3.05, 3.63) is 0 Å². The van der Waals surface area contributed by atoms with E-state index < -0.39 is 0 Å². The molecule has 0 aromatic rings. The summed E-state index contributed by atoms with van der Waals surface area (Å²) in [6.45, 7) is 7.16. The molecule has 2 N–H and O–H groups in total. The maximum atomic E-state index is 6.14. The van der Waals surface area contributed by atoms with Gasteiger partial charge in [-0.05, 0) is 55.3 Å². The van der Waals surface area contributed by atoms with E-state index in [1.165, 1.54) is 38.5 Å². The first kappa shape index (κ1) is 13.3. The van der Waals surface area contributed by atoms with Crippen molar-refractivity contribution >= 4 is 12.4 Å². The van der Waals surface area contributed by atoms with Gasteiger partial charge < -0.3 is 5.73 Å². The van der Waals surface area contributed by atoms with Crippen molar-refractivity contribution in [2.24, 2.45) is 22.5 Å². The molecule has 0 saturated heterocycles. The Bertz CT molecular complexity index is 211. The van der Waals surface area contributed by atoms with Crippen LogP contribution in [0.4, 0.5) is 0 Å². The minimum Gasteiger partial charge on any atom is -0.327 e. The van der Waals surface area contributed by atoms with E-state index in [9.17, 15) is 0 Å². The molecule has 0 bridgehead atoms. The fraction of sp³-hybridized carbons (Fsp3) is 1.00. The van der Waals surface area contributed by atoms with Gasteiger partial charge in [-0.1, -0.05) is 20.8 Å². The lowest BCUT2D eigenvalue weighted by Gasteiger charge is -2.53. The van der Waals surface area contributed by atoms with Crippen LogP contribution < -0.4 is 5.73 Å². The zero-order valence-corrected chi connectivity index (χ0v) is 11.2. The molecule has 15 heavy (non-hydrogen) atoms. The van der Waals surface area contributed by atoms with Gasteiger partial charge in [-0.2, -0.15) is 0 Å². The second-order valence-corrected chi connectivity index (χ2v) is 6.65. The Balaban J connectivity index is 0.00000112. The molecule has 0 aromatic heterocycles. The zero-order valence-electron chi connectivity index (χ0n) is 10.4. The fourth-order valence-electron chi connectivity index (χ4n) is 3.40. The minimum atomic E-state index is 0. The highest BCUT2D eigenvalue weighted by Gasteiger charge is 2.47. The number of nitrogens with two attached hydrogens (primary N) is 1. The number of hydrogen-bond acceptors (Lipinski definition) is 1. The lowest BCUT2D eigenvalue weighted by Crippen LogP contribution is -2.52. The number of rotatable bonds is 0. The van der Waals surface area contributed by atoms with Gasteiger partial charge in [0.2, 0.25) is 0 Å². The van der Waals surface area contributed by atoms with E-state index in [0.29, 0.717) is 16.9 Å². The Morgan fingerprint density at radius 2 is 1.47 bits per heavy atom. The Morgan fingerprint density at radius 1 is 1.00 bits per heavy atom. The average molecular weight is 232 g/mol. The second-order valence-electron chi connectivity index (χ2n) is 6.65. The molecule has 1 atom stereocenters. The van der Waals surface area contributed by atoms with Crippen LogP contribution in [0.15, 0.2) is 0 Å². The van der Waals surface area contributed by atoms with Gasteiger partial charge in [0.1, 0.15) is 0 Å². The summed E-state index contributed by atoms with van der Waals surface area (Å²) in [6.07, 6.45) is 8.31. The van der Waals surface area contributed by atoms with E-state index in [1.54, 1.807) is 0 Å². The Labute approximate surface area is 101 Å². The summed E-state index contributed by atoms with van der Waals surface area (Å²) in [6, 6.07) is 0.531. The van der Waals surface area contributed by atoms with E-state index >= 15 is 0 Å². The molecule has 2 aliphatic carbocycles. The lowest BCUT2D eigenvalue weighted by atomic mass is 9.54. The summed E-state index contributed by atoms with van der Waals surface area (Å²) in [4.78, 5) is 0. The maximum absolute atomic E-state index is 6.14. The SMILES string of the molecule is CC(C)(C)C1CCC2(CC1)CCC2N.Cl. The van der Waals surface area contributed by atoms with Gasteiger partial charge in [-0.15, -0.1) is 12.4 Å². The monoisotopic (exact) mass is 231 g/mol. The first-order chi connectivity index (χ1) is 6.44. The Hall–Kier alpha value is 0.250. The molecule has 1 nitrogen and oxygen atoms in total. The van der Waals surface area contributed by atoms with Gasteiger partial charge in [-0.3, -0.25) is 0 Å². The van der Waals surface area contributed by atoms with Crippen LogP contribution in [0.1, 0.15) is 59.3 Å². The molecule has 90 valence electrons. The van der Waals surface area contributed by atoms with E-state index in [-0.39, 0.29) is 12.4 Å². The molecule has 2 heteroatoms. The van der Waals surface area contributed by atoms with Crippen molar-refractivity contribution in [1.29, 1.82) is 0 Å². The molecule has 1 spiro atoms. The van der Waals surface area contributed by atoms with Crippen LogP contribution in [-0.2, 0) is 0 Å². The maximum Gasteiger partial charge on any atom is 0.00957 e. The van der Waals surface area contributed by atoms with Gasteiger partial charge in [0.05, 0.1) is 0 Å². The van der Waals surface area contributed by atoms with Crippen LogP contribution in [0.25, 0.3) is 0 Å². The third kappa shape index (κ3) is 2.34. The molecular weight excluding hydrogens is 206 g/mol. The Morgan fingerprint density at radius 3 is 1.73 bits per heavy atom. The fourth-order valence-corrected chi connectivity index (χ4v) is 3.40. The quantitative estimate of drug-likeness (QED) is 0.675. The smallest absolute Gasteiger partial charge is 0.00957 e. The molecule has 2 rings (SSSR count). The highest BCUT2D eigenvalue weighted by atomic mass is 35.5. The number of halogens is 1. The molecule has 2 saturated carbocycles. The van der Waals surface area contributed by atoms with Crippen molar-refractivity contribution < 1.29 is 0 Å². The third-order valence-electron chi connectivity index (χ3n) is 4.95. The van der Waals surface area contributed by atoms with Crippen molar-refractivity contribution in [1.82, 2.24) is 0 Å². The van der Waals surface area contributed by atoms with E-state index in [1.807, 2.05) is 0 Å². The van der Waals surface area contributed by atoms with E-state index in [4.69, 9.17) is 5.73 Å². The first-order valence-corrected chi connectivity index (χ1v) is 6.20. The van der Waals surface area contributed by atoms with Crippen molar-refractivity contribution in [2.45, 2.75) is 65.3 Å². The van der Waals surface area contributed by atoms with E-state index in [0.717, 1.165) is 5.92 Å². The van der Waals surface area contributed by atoms with Gasteiger partial charge in [-0.25, -0.2) is 0 Å². The summed E-state index contributed by atoms with van der Waals surface area (Å²) >= 11 is 0. The molecule has 0 heterocycles. The summed E-state index contributed by atoms with van der Waals surface area (Å²) in [5.74, 6) is 0.931. The van der Waals surface area contributed by atoms with Crippen molar-refractivity contribution in [3.8, 4) is 0 Å². The van der Waals surface area contributed by atoms with Crippen LogP contribution in [0.5, 0.6) is 0 Å². The molecule has 2 aliphatic rings. The van der Waals surface area contributed by atoms with Crippen LogP contribution in [0.2, 0.25) is 0 Å². The highest BCUT2D eigenvalue weighted by molar-refractivity contribution is 5.85. The van der Waals surface area contributed by atoms with Crippen molar-refractivity contribution in [2.75, 3.05) is 0 Å². The first-order valence-electron chi connectivity index (χ1n) is 6.20. The van der Waals surface area contributed by atoms with Crippen LogP contribution >= 0.6 is 12.4 Å². The average Bonchev–Trinajstić information content (AvgIpc) is 2.14. The zero-order chi connectivity index (χ0) is 10.4. The largest absolute Gasteiger partial charge is 0.327 e. The molecule has 0 aromatic carbocycles. The standard InChI is InChI=1S/C13H25N.ClH/c1-12(2,3)10-4-7-13(8-5-10)9-6-11(13)14;/h10-11H,4-9,14H2,1-3H3;1H. The summed E-state index contributed by atoms with van der Waals surface area (Å²) in [5.41, 5.74) is 7.24. The van der Waals surface area contributed by atoms with Gasteiger partial charge >= 0.3 is 0 Å². The summed E-state index contributed by atoms with van der Waals surface area (Å²) in [5, 5.41) is 0. The lowest BCUT2D eigenvalue weighted by molar-refractivity contribution is 0.00445. The highest BCUT2D eigenvalue weighted by Crippen LogP contribution is 2.54. The van der Waals surface area contributed by atoms with Crippen LogP contribution in [0, 0.1) is 16.7 Å². The third-order valence-corrected chi connectivity index (χ3v) is 4.95. The summed E-state index contributed by atoms with van der Waals surface area (Å²) in [7, 11) is 0. The molecule has 0 radical (unpaired) electrons. The Kier molecular flexibility index (Phi) is 3.78. The minimum absolute atomic E-state index is 0. The predicted octanol–water partition coefficient (Wildman–Crippen LogP) is 3.75. The normalized spacial score (nSPS) is 40.8. The molecule has 2 fully saturated rings. The van der Waals surface area contributed by atoms with Gasteiger partial charge in [0.15, 0.2) is 0 Å². The van der Waals surface area contributed by atoms with Gasteiger partial charge in [0.25, 0.3) is 0 Å². The summed E-state index contributed by atoms with van der Waals surface area (Å²) < 4.78 is 0. The number of hydrogen-bond donors (Lipinski definition) is 1. The molecule has 1 unspecified atom stereocenters. The van der Waals surface area contributed by atoms with Crippen LogP contribution in [0.3, 0.4) is 0 Å². The van der Waals surface area contributed by atoms with Crippen molar-refractivity contribution in [3.63, 3.8) is 0 Å². The predicted molar refractivity (Wildman–Crippen MR) is 68.3 cm³/mol. The van der Waals surface area contributed by atoms with E-state index in [2.05, 4.69) is 20.8 Å². The molecule has 0 amide bonds. The van der Waals surface area contributed by atoms with Gasteiger partial charge in [0, 0.05) is 6.04 Å². The molecule has 0 aliphatic heterocycles. The van der Waals surface area contributed by atoms with Crippen LogP contribution in [-0.4, -0.2) is 6.04 Å². The second kappa shape index (κ2) is 4.25. The molecular formula is C13H26ClN.